The normalized spacial score (nSPS) is 25.6. The Balaban J connectivity index is 1.29. The molecule has 0 radical (unpaired) electrons. The summed E-state index contributed by atoms with van der Waals surface area (Å²) < 4.78 is 33.3. The molecule has 0 aliphatic carbocycles. The zero-order chi connectivity index (χ0) is 21.8. The summed E-state index contributed by atoms with van der Waals surface area (Å²) in [6.45, 7) is 4.64. The standard InChI is InChI=1S/C24H33N3O3S/c1-26(16-19-6-4-3-5-7-19)17-21-18-27-13-12-20(21)14-22(27)15-25-31(28,29)24-10-8-23(30-2)9-11-24/h3-11,20-22,25H,12-18H2,1-2H3. The molecule has 6 nitrogen and oxygen atoms in total. The maximum absolute atomic E-state index is 12.7. The van der Waals surface area contributed by atoms with Crippen LogP contribution in [0.25, 0.3) is 0 Å². The van der Waals surface area contributed by atoms with Gasteiger partial charge in [0.25, 0.3) is 0 Å². The highest BCUT2D eigenvalue weighted by Crippen LogP contribution is 2.36. The fourth-order valence-corrected chi connectivity index (χ4v) is 6.15. The van der Waals surface area contributed by atoms with E-state index in [1.54, 1.807) is 31.4 Å². The molecule has 2 bridgehead atoms. The van der Waals surface area contributed by atoms with E-state index in [1.807, 2.05) is 0 Å². The lowest BCUT2D eigenvalue weighted by atomic mass is 9.75. The Morgan fingerprint density at radius 2 is 1.87 bits per heavy atom. The van der Waals surface area contributed by atoms with E-state index in [-0.39, 0.29) is 10.9 Å². The Labute approximate surface area is 186 Å². The first-order valence-corrected chi connectivity index (χ1v) is 12.5. The van der Waals surface area contributed by atoms with E-state index in [0.717, 1.165) is 32.6 Å². The van der Waals surface area contributed by atoms with E-state index >= 15 is 0 Å². The molecule has 4 atom stereocenters. The van der Waals surface area contributed by atoms with Crippen molar-refractivity contribution >= 4 is 10.0 Å². The molecule has 3 saturated heterocycles. The highest BCUT2D eigenvalue weighted by Gasteiger charge is 2.40. The van der Waals surface area contributed by atoms with Crippen LogP contribution in [0.2, 0.25) is 0 Å². The molecule has 0 saturated carbocycles. The van der Waals surface area contributed by atoms with Crippen molar-refractivity contribution in [1.29, 1.82) is 0 Å². The summed E-state index contributed by atoms with van der Waals surface area (Å²) in [6.07, 6.45) is 2.28. The molecule has 1 N–H and O–H groups in total. The molecule has 2 aromatic carbocycles. The number of nitrogens with zero attached hydrogens (tertiary/aromatic N) is 2. The summed E-state index contributed by atoms with van der Waals surface area (Å²) in [5, 5.41) is 0. The van der Waals surface area contributed by atoms with Crippen LogP contribution < -0.4 is 9.46 Å². The first kappa shape index (κ1) is 22.3. The average molecular weight is 444 g/mol. The number of ether oxygens (including phenoxy) is 1. The lowest BCUT2D eigenvalue weighted by Gasteiger charge is -2.50. The molecule has 31 heavy (non-hydrogen) atoms. The molecule has 3 fully saturated rings. The maximum atomic E-state index is 12.7. The van der Waals surface area contributed by atoms with E-state index in [4.69, 9.17) is 4.74 Å². The van der Waals surface area contributed by atoms with Gasteiger partial charge in [0.2, 0.25) is 10.0 Å². The topological polar surface area (TPSA) is 61.9 Å². The Bertz CT molecular complexity index is 950. The molecule has 4 unspecified atom stereocenters. The van der Waals surface area contributed by atoms with Gasteiger partial charge in [-0.25, -0.2) is 13.1 Å². The van der Waals surface area contributed by atoms with Crippen LogP contribution in [-0.4, -0.2) is 64.6 Å². The minimum absolute atomic E-state index is 0.280. The van der Waals surface area contributed by atoms with Crippen molar-refractivity contribution in [3.63, 3.8) is 0 Å². The minimum Gasteiger partial charge on any atom is -0.497 e. The van der Waals surface area contributed by atoms with Crippen LogP contribution >= 0.6 is 0 Å². The third-order valence-corrected chi connectivity index (χ3v) is 8.17. The number of nitrogens with one attached hydrogen (secondary N) is 1. The van der Waals surface area contributed by atoms with E-state index in [1.165, 1.54) is 12.0 Å². The molecular weight excluding hydrogens is 410 g/mol. The zero-order valence-corrected chi connectivity index (χ0v) is 19.2. The predicted molar refractivity (Wildman–Crippen MR) is 123 cm³/mol. The van der Waals surface area contributed by atoms with Crippen LogP contribution in [0.5, 0.6) is 5.75 Å². The molecule has 5 rings (SSSR count). The maximum Gasteiger partial charge on any atom is 0.240 e. The van der Waals surface area contributed by atoms with Gasteiger partial charge in [-0.15, -0.1) is 0 Å². The second-order valence-electron chi connectivity index (χ2n) is 8.90. The van der Waals surface area contributed by atoms with Crippen LogP contribution in [0.3, 0.4) is 0 Å². The number of methoxy groups -OCH3 is 1. The summed E-state index contributed by atoms with van der Waals surface area (Å²) in [6, 6.07) is 17.4. The number of sulfonamides is 1. The van der Waals surface area contributed by atoms with Crippen molar-refractivity contribution in [2.24, 2.45) is 11.8 Å². The van der Waals surface area contributed by atoms with Gasteiger partial charge >= 0.3 is 0 Å². The van der Waals surface area contributed by atoms with Gasteiger partial charge < -0.3 is 9.64 Å². The average Bonchev–Trinajstić information content (AvgIpc) is 2.79. The fourth-order valence-electron chi connectivity index (χ4n) is 5.07. The first-order valence-electron chi connectivity index (χ1n) is 11.0. The summed E-state index contributed by atoms with van der Waals surface area (Å²) in [5.74, 6) is 1.97. The molecular formula is C24H33N3O3S. The number of hydrogen-bond acceptors (Lipinski definition) is 5. The van der Waals surface area contributed by atoms with Crippen LogP contribution in [0.1, 0.15) is 18.4 Å². The number of fused-ring (bicyclic) bond motifs is 3. The molecule has 3 aliphatic heterocycles. The molecule has 0 spiro atoms. The number of piperidine rings is 3. The Morgan fingerprint density at radius 3 is 2.52 bits per heavy atom. The van der Waals surface area contributed by atoms with Crippen LogP contribution in [-0.2, 0) is 16.6 Å². The lowest BCUT2D eigenvalue weighted by Crippen LogP contribution is -2.58. The summed E-state index contributed by atoms with van der Waals surface area (Å²) >= 11 is 0. The SMILES string of the molecule is COc1ccc(S(=O)(=O)NCC2CC3CCN2CC3CN(C)Cc2ccccc2)cc1. The quantitative estimate of drug-likeness (QED) is 0.646. The van der Waals surface area contributed by atoms with Crippen molar-refractivity contribution in [3.8, 4) is 5.75 Å². The van der Waals surface area contributed by atoms with Crippen LogP contribution in [0.4, 0.5) is 0 Å². The van der Waals surface area contributed by atoms with Crippen molar-refractivity contribution < 1.29 is 13.2 Å². The largest absolute Gasteiger partial charge is 0.497 e. The van der Waals surface area contributed by atoms with Crippen LogP contribution in [0, 0.1) is 11.8 Å². The third-order valence-electron chi connectivity index (χ3n) is 6.73. The van der Waals surface area contributed by atoms with Crippen molar-refractivity contribution in [3.05, 3.63) is 60.2 Å². The molecule has 3 heterocycles. The summed E-state index contributed by atoms with van der Waals surface area (Å²) in [4.78, 5) is 5.19. The Morgan fingerprint density at radius 1 is 1.13 bits per heavy atom. The summed E-state index contributed by atoms with van der Waals surface area (Å²) in [7, 11) is 0.261. The van der Waals surface area contributed by atoms with E-state index in [2.05, 4.69) is 51.9 Å². The van der Waals surface area contributed by atoms with Gasteiger partial charge in [0, 0.05) is 32.2 Å². The molecule has 2 aromatic rings. The highest BCUT2D eigenvalue weighted by atomic mass is 32.2. The Kier molecular flexibility index (Phi) is 6.96. The van der Waals surface area contributed by atoms with Gasteiger partial charge in [-0.3, -0.25) is 4.90 Å². The monoisotopic (exact) mass is 443 g/mol. The third kappa shape index (κ3) is 5.47. The number of benzene rings is 2. The molecule has 3 aliphatic rings. The van der Waals surface area contributed by atoms with E-state index in [9.17, 15) is 8.42 Å². The highest BCUT2D eigenvalue weighted by molar-refractivity contribution is 7.89. The van der Waals surface area contributed by atoms with Crippen molar-refractivity contribution in [2.45, 2.75) is 30.3 Å². The zero-order valence-electron chi connectivity index (χ0n) is 18.4. The van der Waals surface area contributed by atoms with Crippen molar-refractivity contribution in [1.82, 2.24) is 14.5 Å². The van der Waals surface area contributed by atoms with Gasteiger partial charge in [-0.2, -0.15) is 0 Å². The molecule has 0 amide bonds. The Hall–Kier alpha value is -1.93. The number of rotatable bonds is 9. The van der Waals surface area contributed by atoms with E-state index < -0.39 is 10.0 Å². The van der Waals surface area contributed by atoms with Crippen molar-refractivity contribution in [2.75, 3.05) is 40.3 Å². The molecule has 168 valence electrons. The lowest BCUT2D eigenvalue weighted by molar-refractivity contribution is -0.00822. The second-order valence-corrected chi connectivity index (χ2v) is 10.7. The summed E-state index contributed by atoms with van der Waals surface area (Å²) in [5.41, 5.74) is 1.34. The fraction of sp³-hybridized carbons (Fsp3) is 0.500. The molecule has 7 heteroatoms. The smallest absolute Gasteiger partial charge is 0.240 e. The second kappa shape index (κ2) is 9.69. The van der Waals surface area contributed by atoms with Crippen LogP contribution in [0.15, 0.2) is 59.5 Å². The van der Waals surface area contributed by atoms with E-state index in [0.29, 0.717) is 24.1 Å². The number of hydrogen-bond donors (Lipinski definition) is 1. The predicted octanol–water partition coefficient (Wildman–Crippen LogP) is 2.82. The van der Waals surface area contributed by atoms with Gasteiger partial charge in [0.05, 0.1) is 12.0 Å². The minimum atomic E-state index is -3.51. The van der Waals surface area contributed by atoms with Gasteiger partial charge in [0.1, 0.15) is 5.75 Å². The van der Waals surface area contributed by atoms with Gasteiger partial charge in [0.15, 0.2) is 0 Å². The first-order chi connectivity index (χ1) is 14.9. The van der Waals surface area contributed by atoms with Gasteiger partial charge in [-0.05, 0) is 68.1 Å². The molecule has 0 aromatic heterocycles. The van der Waals surface area contributed by atoms with Gasteiger partial charge in [-0.1, -0.05) is 30.3 Å².